The lowest BCUT2D eigenvalue weighted by Crippen LogP contribution is -2.63. The number of hydrogen-bond donors (Lipinski definition) is 2. The van der Waals surface area contributed by atoms with Crippen LogP contribution in [0.3, 0.4) is 0 Å². The first-order chi connectivity index (χ1) is 15.8. The molecule has 2 aromatic carbocycles. The summed E-state index contributed by atoms with van der Waals surface area (Å²) < 4.78 is 10.9. The predicted molar refractivity (Wildman–Crippen MR) is 121 cm³/mol. The molecule has 1 aliphatic carbocycles. The van der Waals surface area contributed by atoms with E-state index in [4.69, 9.17) is 14.6 Å². The summed E-state index contributed by atoms with van der Waals surface area (Å²) in [4.78, 5) is 37.1. The Balaban J connectivity index is 1.25. The Morgan fingerprint density at radius 3 is 2.24 bits per heavy atom. The van der Waals surface area contributed by atoms with E-state index in [-0.39, 0.29) is 24.9 Å². The first-order valence-corrected chi connectivity index (χ1v) is 11.0. The molecular weight excluding hydrogens is 424 g/mol. The van der Waals surface area contributed by atoms with Crippen LogP contribution >= 0.6 is 0 Å². The largest absolute Gasteiger partial charge is 0.480 e. The van der Waals surface area contributed by atoms with Gasteiger partial charge in [0.2, 0.25) is 5.91 Å². The third-order valence-corrected chi connectivity index (χ3v) is 6.14. The summed E-state index contributed by atoms with van der Waals surface area (Å²) in [5.74, 6) is -1.19. The van der Waals surface area contributed by atoms with Crippen molar-refractivity contribution in [3.8, 4) is 11.1 Å². The lowest BCUT2D eigenvalue weighted by molar-refractivity contribution is -0.173. The van der Waals surface area contributed by atoms with Crippen LogP contribution in [0.1, 0.15) is 37.3 Å². The Labute approximate surface area is 192 Å². The molecule has 8 nitrogen and oxygen atoms in total. The Morgan fingerprint density at radius 1 is 1.09 bits per heavy atom. The van der Waals surface area contributed by atoms with Gasteiger partial charge in [-0.05, 0) is 36.1 Å². The van der Waals surface area contributed by atoms with Crippen LogP contribution in [0.15, 0.2) is 48.5 Å². The SMILES string of the molecule is CC(CC(=O)N1CC(C)(OCC(=O)O)C1)NC(=O)OCC1c2ccccc2-c2ccccc21. The highest BCUT2D eigenvalue weighted by molar-refractivity contribution is 5.80. The van der Waals surface area contributed by atoms with E-state index in [2.05, 4.69) is 29.6 Å². The van der Waals surface area contributed by atoms with Gasteiger partial charge in [-0.15, -0.1) is 0 Å². The van der Waals surface area contributed by atoms with Gasteiger partial charge in [0.1, 0.15) is 18.8 Å². The Bertz CT molecular complexity index is 1020. The summed E-state index contributed by atoms with van der Waals surface area (Å²) in [6.45, 7) is 4.01. The van der Waals surface area contributed by atoms with Gasteiger partial charge >= 0.3 is 12.1 Å². The van der Waals surface area contributed by atoms with Crippen LogP contribution in [-0.4, -0.2) is 65.9 Å². The number of alkyl carbamates (subject to hydrolysis) is 1. The van der Waals surface area contributed by atoms with Crippen LogP contribution in [0, 0.1) is 0 Å². The molecule has 1 heterocycles. The number of nitrogens with zero attached hydrogens (tertiary/aromatic N) is 1. The number of hydrogen-bond acceptors (Lipinski definition) is 5. The number of carbonyl (C=O) groups excluding carboxylic acids is 2. The van der Waals surface area contributed by atoms with Crippen LogP contribution < -0.4 is 5.32 Å². The fraction of sp³-hybridized carbons (Fsp3) is 0.400. The fourth-order valence-electron chi connectivity index (χ4n) is 4.55. The summed E-state index contributed by atoms with van der Waals surface area (Å²) in [5.41, 5.74) is 3.96. The number of aliphatic carboxylic acids is 1. The molecule has 0 aromatic heterocycles. The highest BCUT2D eigenvalue weighted by Gasteiger charge is 2.42. The number of likely N-dealkylation sites (tertiary alicyclic amines) is 1. The van der Waals surface area contributed by atoms with Crippen LogP contribution in [0.2, 0.25) is 0 Å². The molecule has 1 atom stereocenters. The second kappa shape index (κ2) is 9.23. The lowest BCUT2D eigenvalue weighted by atomic mass is 9.95. The molecule has 4 rings (SSSR count). The van der Waals surface area contributed by atoms with Gasteiger partial charge in [-0.1, -0.05) is 48.5 Å². The van der Waals surface area contributed by atoms with E-state index >= 15 is 0 Å². The molecule has 1 aliphatic heterocycles. The highest BCUT2D eigenvalue weighted by Crippen LogP contribution is 2.44. The zero-order valence-electron chi connectivity index (χ0n) is 18.7. The summed E-state index contributed by atoms with van der Waals surface area (Å²) in [6, 6.07) is 15.8. The van der Waals surface area contributed by atoms with Gasteiger partial charge in [0.25, 0.3) is 0 Å². The van der Waals surface area contributed by atoms with Crippen LogP contribution in [-0.2, 0) is 19.1 Å². The molecule has 174 valence electrons. The Hall–Kier alpha value is -3.39. The van der Waals surface area contributed by atoms with E-state index in [1.165, 1.54) is 0 Å². The summed E-state index contributed by atoms with van der Waals surface area (Å²) in [5, 5.41) is 11.5. The molecule has 33 heavy (non-hydrogen) atoms. The van der Waals surface area contributed by atoms with Crippen LogP contribution in [0.4, 0.5) is 4.79 Å². The van der Waals surface area contributed by atoms with Gasteiger partial charge < -0.3 is 24.8 Å². The van der Waals surface area contributed by atoms with E-state index < -0.39 is 30.3 Å². The lowest BCUT2D eigenvalue weighted by Gasteiger charge is -2.47. The monoisotopic (exact) mass is 452 g/mol. The zero-order valence-corrected chi connectivity index (χ0v) is 18.7. The number of fused-ring (bicyclic) bond motifs is 3. The minimum absolute atomic E-state index is 0.0235. The molecule has 2 aromatic rings. The summed E-state index contributed by atoms with van der Waals surface area (Å²) >= 11 is 0. The van der Waals surface area contributed by atoms with Gasteiger partial charge in [-0.3, -0.25) is 4.79 Å². The maximum absolute atomic E-state index is 12.4. The van der Waals surface area contributed by atoms with Crippen molar-refractivity contribution in [2.24, 2.45) is 0 Å². The van der Waals surface area contributed by atoms with Crippen molar-refractivity contribution in [2.75, 3.05) is 26.3 Å². The standard InChI is InChI=1S/C25H28N2O6/c1-16(11-22(28)27-14-25(2,15-27)33-13-23(29)30)26-24(31)32-12-21-19-9-5-3-7-17(19)18-8-4-6-10-20(18)21/h3-10,16,21H,11-15H2,1-2H3,(H,26,31)(H,29,30). The quantitative estimate of drug-likeness (QED) is 0.638. The van der Waals surface area contributed by atoms with E-state index in [9.17, 15) is 14.4 Å². The highest BCUT2D eigenvalue weighted by atomic mass is 16.5. The average Bonchev–Trinajstić information content (AvgIpc) is 3.08. The molecule has 1 fully saturated rings. The number of ether oxygens (including phenoxy) is 2. The zero-order chi connectivity index (χ0) is 23.6. The molecule has 1 unspecified atom stereocenters. The molecule has 2 amide bonds. The number of amides is 2. The minimum atomic E-state index is -1.04. The van der Waals surface area contributed by atoms with Crippen molar-refractivity contribution in [1.29, 1.82) is 0 Å². The fourth-order valence-corrected chi connectivity index (χ4v) is 4.55. The van der Waals surface area contributed by atoms with Crippen molar-refractivity contribution < 1.29 is 29.0 Å². The first kappa shape index (κ1) is 22.8. The maximum atomic E-state index is 12.4. The van der Waals surface area contributed by atoms with E-state index in [1.807, 2.05) is 24.3 Å². The third-order valence-electron chi connectivity index (χ3n) is 6.14. The molecular formula is C25H28N2O6. The number of carboxylic acids is 1. The van der Waals surface area contributed by atoms with Gasteiger partial charge in [0, 0.05) is 18.4 Å². The van der Waals surface area contributed by atoms with E-state index in [0.29, 0.717) is 13.1 Å². The summed E-state index contributed by atoms with van der Waals surface area (Å²) in [7, 11) is 0. The predicted octanol–water partition coefficient (Wildman–Crippen LogP) is 3.01. The molecule has 2 N–H and O–H groups in total. The number of benzene rings is 2. The first-order valence-electron chi connectivity index (χ1n) is 11.0. The van der Waals surface area contributed by atoms with Crippen LogP contribution in [0.5, 0.6) is 0 Å². The van der Waals surface area contributed by atoms with E-state index in [0.717, 1.165) is 22.3 Å². The van der Waals surface area contributed by atoms with Gasteiger partial charge in [-0.25, -0.2) is 9.59 Å². The van der Waals surface area contributed by atoms with Crippen molar-refractivity contribution in [3.63, 3.8) is 0 Å². The van der Waals surface area contributed by atoms with Crippen LogP contribution in [0.25, 0.3) is 11.1 Å². The number of rotatable bonds is 8. The van der Waals surface area contributed by atoms with Crippen molar-refractivity contribution in [2.45, 2.75) is 37.8 Å². The number of carbonyl (C=O) groups is 3. The molecule has 8 heteroatoms. The number of carboxylic acid groups (broad SMARTS) is 1. The Kier molecular flexibility index (Phi) is 6.37. The van der Waals surface area contributed by atoms with Gasteiger partial charge in [0.05, 0.1) is 13.1 Å². The third kappa shape index (κ3) is 5.01. The second-order valence-electron chi connectivity index (χ2n) is 8.96. The molecule has 0 spiro atoms. The molecule has 0 radical (unpaired) electrons. The van der Waals surface area contributed by atoms with E-state index in [1.54, 1.807) is 18.7 Å². The minimum Gasteiger partial charge on any atom is -0.480 e. The number of nitrogens with one attached hydrogen (secondary N) is 1. The molecule has 0 bridgehead atoms. The normalized spacial score (nSPS) is 16.8. The molecule has 1 saturated heterocycles. The molecule has 0 saturated carbocycles. The molecule has 2 aliphatic rings. The Morgan fingerprint density at radius 2 is 1.67 bits per heavy atom. The average molecular weight is 453 g/mol. The van der Waals surface area contributed by atoms with Gasteiger partial charge in [0.15, 0.2) is 0 Å². The van der Waals surface area contributed by atoms with Crippen molar-refractivity contribution in [1.82, 2.24) is 10.2 Å². The topological polar surface area (TPSA) is 105 Å². The maximum Gasteiger partial charge on any atom is 0.407 e. The van der Waals surface area contributed by atoms with Crippen molar-refractivity contribution in [3.05, 3.63) is 59.7 Å². The van der Waals surface area contributed by atoms with Gasteiger partial charge in [-0.2, -0.15) is 0 Å². The van der Waals surface area contributed by atoms with Crippen molar-refractivity contribution >= 4 is 18.0 Å². The smallest absolute Gasteiger partial charge is 0.407 e. The second-order valence-corrected chi connectivity index (χ2v) is 8.96. The summed E-state index contributed by atoms with van der Waals surface area (Å²) in [6.07, 6.45) is -0.436.